The third kappa shape index (κ3) is 3.41. The Balaban J connectivity index is 1.88. The molecule has 8 heteroatoms. The monoisotopic (exact) mass is 409 g/mol. The molecule has 0 fully saturated rings. The molecule has 7 nitrogen and oxygen atoms in total. The summed E-state index contributed by atoms with van der Waals surface area (Å²) in [6.45, 7) is 1.96. The van der Waals surface area contributed by atoms with Crippen molar-refractivity contribution in [3.8, 4) is 11.6 Å². The van der Waals surface area contributed by atoms with Gasteiger partial charge in [-0.05, 0) is 36.2 Å². The van der Waals surface area contributed by atoms with Crippen molar-refractivity contribution < 1.29 is 18.7 Å². The van der Waals surface area contributed by atoms with Gasteiger partial charge in [0.25, 0.3) is 5.91 Å². The lowest BCUT2D eigenvalue weighted by molar-refractivity contribution is 0.0882. The highest BCUT2D eigenvalue weighted by molar-refractivity contribution is 5.94. The minimum absolute atomic E-state index is 0.262. The Bertz CT molecular complexity index is 1160. The van der Waals surface area contributed by atoms with Crippen molar-refractivity contribution in [1.29, 1.82) is 0 Å². The average Bonchev–Trinajstić information content (AvgIpc) is 2.76. The summed E-state index contributed by atoms with van der Waals surface area (Å²) < 4.78 is 25.5. The van der Waals surface area contributed by atoms with E-state index in [-0.39, 0.29) is 16.9 Å². The maximum atomic E-state index is 14.5. The number of benzene rings is 1. The van der Waals surface area contributed by atoms with Crippen molar-refractivity contribution in [3.63, 3.8) is 0 Å². The van der Waals surface area contributed by atoms with Gasteiger partial charge in [0.15, 0.2) is 0 Å². The Hall–Kier alpha value is -3.68. The van der Waals surface area contributed by atoms with Gasteiger partial charge in [-0.2, -0.15) is 0 Å². The number of nitrogens with zero attached hydrogens (tertiary/aromatic N) is 1. The number of aromatic nitrogens is 2. The third-order valence-corrected chi connectivity index (χ3v) is 5.22. The van der Waals surface area contributed by atoms with Gasteiger partial charge in [0.05, 0.1) is 19.3 Å². The number of methoxy groups -OCH3 is 1. The standard InChI is InChI=1S/C22H20FN3O4/c1-13-3-5-15(11-16(13)23)22(26-21(28)14-4-7-18(27)24-12-14)9-10-30-17-6-8-19(29-2)25-20(17)22/h3-8,11-12H,9-10H2,1-2H3,(H,24,27)(H,26,28)/t22-/m0/s1. The molecule has 2 aromatic heterocycles. The van der Waals surface area contributed by atoms with Crippen LogP contribution < -0.4 is 20.3 Å². The van der Waals surface area contributed by atoms with Crippen molar-refractivity contribution in [1.82, 2.24) is 15.3 Å². The second-order valence-corrected chi connectivity index (χ2v) is 7.06. The number of fused-ring (bicyclic) bond motifs is 1. The first kappa shape index (κ1) is 19.6. The highest BCUT2D eigenvalue weighted by Gasteiger charge is 2.43. The molecule has 154 valence electrons. The van der Waals surface area contributed by atoms with E-state index in [0.29, 0.717) is 41.5 Å². The number of rotatable bonds is 4. The average molecular weight is 409 g/mol. The van der Waals surface area contributed by atoms with Gasteiger partial charge in [0.2, 0.25) is 11.4 Å². The second-order valence-electron chi connectivity index (χ2n) is 7.06. The molecule has 0 radical (unpaired) electrons. The molecular weight excluding hydrogens is 389 g/mol. The minimum atomic E-state index is -1.15. The molecule has 30 heavy (non-hydrogen) atoms. The number of pyridine rings is 2. The van der Waals surface area contributed by atoms with Crippen LogP contribution in [-0.4, -0.2) is 29.6 Å². The quantitative estimate of drug-likeness (QED) is 0.691. The van der Waals surface area contributed by atoms with Crippen LogP contribution in [0.5, 0.6) is 11.6 Å². The predicted molar refractivity (Wildman–Crippen MR) is 107 cm³/mol. The molecule has 0 saturated carbocycles. The van der Waals surface area contributed by atoms with Gasteiger partial charge in [-0.1, -0.05) is 12.1 Å². The van der Waals surface area contributed by atoms with E-state index in [2.05, 4.69) is 15.3 Å². The predicted octanol–water partition coefficient (Wildman–Crippen LogP) is 2.68. The number of H-pyrrole nitrogens is 1. The molecule has 1 atom stereocenters. The molecule has 0 saturated heterocycles. The van der Waals surface area contributed by atoms with Crippen molar-refractivity contribution in [2.24, 2.45) is 0 Å². The fourth-order valence-electron chi connectivity index (χ4n) is 3.55. The molecule has 2 N–H and O–H groups in total. The lowest BCUT2D eigenvalue weighted by atomic mass is 9.80. The Morgan fingerprint density at radius 3 is 2.80 bits per heavy atom. The summed E-state index contributed by atoms with van der Waals surface area (Å²) in [7, 11) is 1.49. The molecule has 1 amide bonds. The third-order valence-electron chi connectivity index (χ3n) is 5.22. The smallest absolute Gasteiger partial charge is 0.253 e. The number of nitrogens with one attached hydrogen (secondary N) is 2. The lowest BCUT2D eigenvalue weighted by Crippen LogP contribution is -2.50. The first-order chi connectivity index (χ1) is 14.4. The molecule has 1 aliphatic heterocycles. The van der Waals surface area contributed by atoms with E-state index in [1.165, 1.54) is 31.5 Å². The van der Waals surface area contributed by atoms with Crippen LogP contribution in [0, 0.1) is 12.7 Å². The zero-order valence-corrected chi connectivity index (χ0v) is 16.5. The highest BCUT2D eigenvalue weighted by Crippen LogP contribution is 2.42. The van der Waals surface area contributed by atoms with E-state index in [9.17, 15) is 14.0 Å². The molecule has 0 bridgehead atoms. The molecule has 4 rings (SSSR count). The van der Waals surface area contributed by atoms with E-state index < -0.39 is 11.4 Å². The van der Waals surface area contributed by atoms with Crippen LogP contribution in [0.3, 0.4) is 0 Å². The van der Waals surface area contributed by atoms with Crippen LogP contribution in [0.15, 0.2) is 53.5 Å². The van der Waals surface area contributed by atoms with E-state index in [4.69, 9.17) is 9.47 Å². The maximum Gasteiger partial charge on any atom is 0.253 e. The molecule has 0 aliphatic carbocycles. The van der Waals surface area contributed by atoms with Crippen LogP contribution in [-0.2, 0) is 5.54 Å². The first-order valence-corrected chi connectivity index (χ1v) is 9.39. The number of hydrogen-bond acceptors (Lipinski definition) is 5. The van der Waals surface area contributed by atoms with Gasteiger partial charge in [-0.3, -0.25) is 9.59 Å². The van der Waals surface area contributed by atoms with Gasteiger partial charge in [-0.15, -0.1) is 0 Å². The summed E-state index contributed by atoms with van der Waals surface area (Å²) in [6.07, 6.45) is 1.66. The number of aryl methyl sites for hydroxylation is 1. The zero-order valence-electron chi connectivity index (χ0n) is 16.5. The summed E-state index contributed by atoms with van der Waals surface area (Å²) in [5.41, 5.74) is 0.251. The molecule has 0 spiro atoms. The highest BCUT2D eigenvalue weighted by atomic mass is 19.1. The molecule has 0 unspecified atom stereocenters. The Morgan fingerprint density at radius 1 is 1.27 bits per heavy atom. The lowest BCUT2D eigenvalue weighted by Gasteiger charge is -2.39. The van der Waals surface area contributed by atoms with E-state index in [0.717, 1.165) is 0 Å². The minimum Gasteiger partial charge on any atom is -0.491 e. The Kier molecular flexibility index (Phi) is 4.99. The van der Waals surface area contributed by atoms with Crippen LogP contribution in [0.2, 0.25) is 0 Å². The first-order valence-electron chi connectivity index (χ1n) is 9.39. The van der Waals surface area contributed by atoms with Gasteiger partial charge in [0, 0.05) is 24.8 Å². The number of amides is 1. The van der Waals surface area contributed by atoms with Gasteiger partial charge < -0.3 is 19.8 Å². The summed E-state index contributed by atoms with van der Waals surface area (Å²) in [5.74, 6) is -0.00916. The zero-order chi connectivity index (χ0) is 21.3. The van der Waals surface area contributed by atoms with E-state index in [1.54, 1.807) is 31.2 Å². The summed E-state index contributed by atoms with van der Waals surface area (Å²) in [5, 5.41) is 3.01. The number of ether oxygens (including phenoxy) is 2. The summed E-state index contributed by atoms with van der Waals surface area (Å²) in [6, 6.07) is 10.9. The van der Waals surface area contributed by atoms with Gasteiger partial charge in [0.1, 0.15) is 22.8 Å². The molecule has 3 heterocycles. The number of carbonyl (C=O) groups is 1. The van der Waals surface area contributed by atoms with Gasteiger partial charge in [-0.25, -0.2) is 9.37 Å². The van der Waals surface area contributed by atoms with E-state index >= 15 is 0 Å². The van der Waals surface area contributed by atoms with E-state index in [1.807, 2.05) is 0 Å². The molecule has 1 aromatic carbocycles. The molecule has 1 aliphatic rings. The topological polar surface area (TPSA) is 93.3 Å². The van der Waals surface area contributed by atoms with Crippen molar-refractivity contribution in [2.75, 3.05) is 13.7 Å². The molecule has 3 aromatic rings. The van der Waals surface area contributed by atoms with Crippen LogP contribution in [0.4, 0.5) is 4.39 Å². The van der Waals surface area contributed by atoms with Crippen LogP contribution in [0.1, 0.15) is 33.6 Å². The maximum absolute atomic E-state index is 14.5. The van der Waals surface area contributed by atoms with Crippen LogP contribution >= 0.6 is 0 Å². The van der Waals surface area contributed by atoms with Crippen molar-refractivity contribution >= 4 is 5.91 Å². The summed E-state index contributed by atoms with van der Waals surface area (Å²) in [4.78, 5) is 31.5. The number of hydrogen-bond donors (Lipinski definition) is 2. The van der Waals surface area contributed by atoms with Gasteiger partial charge >= 0.3 is 0 Å². The number of aromatic amines is 1. The summed E-state index contributed by atoms with van der Waals surface area (Å²) >= 11 is 0. The Labute approximate surface area is 171 Å². The molecular formula is C22H20FN3O4. The number of halogens is 1. The fourth-order valence-corrected chi connectivity index (χ4v) is 3.55. The fraction of sp³-hybridized carbons (Fsp3) is 0.227. The number of carbonyl (C=O) groups excluding carboxylic acids is 1. The van der Waals surface area contributed by atoms with Crippen molar-refractivity contribution in [3.05, 3.63) is 87.2 Å². The van der Waals surface area contributed by atoms with Crippen molar-refractivity contribution in [2.45, 2.75) is 18.9 Å². The SMILES string of the molecule is COc1ccc2c(n1)[C@@](NC(=O)c1ccc(=O)[nH]c1)(c1ccc(C)c(F)c1)CCO2. The largest absolute Gasteiger partial charge is 0.491 e. The normalized spacial score (nSPS) is 17.6. The van der Waals surface area contributed by atoms with Crippen LogP contribution in [0.25, 0.3) is 0 Å². The Morgan fingerprint density at radius 2 is 2.10 bits per heavy atom. The second kappa shape index (κ2) is 7.62.